The molecule has 0 radical (unpaired) electrons. The molecule has 0 saturated carbocycles. The number of nitrogens with one attached hydrogen (secondary N) is 2. The van der Waals surface area contributed by atoms with Crippen molar-refractivity contribution in [2.75, 3.05) is 10.6 Å². The van der Waals surface area contributed by atoms with Gasteiger partial charge in [0.2, 0.25) is 5.91 Å². The first-order valence-corrected chi connectivity index (χ1v) is 9.45. The third-order valence-corrected chi connectivity index (χ3v) is 4.99. The number of amides is 2. The van der Waals surface area contributed by atoms with E-state index in [0.29, 0.717) is 11.3 Å². The van der Waals surface area contributed by atoms with Crippen LogP contribution in [-0.4, -0.2) is 11.8 Å². The normalized spacial score (nSPS) is 11.7. The summed E-state index contributed by atoms with van der Waals surface area (Å²) in [6.07, 6.45) is 0.888. The highest BCUT2D eigenvalue weighted by molar-refractivity contribution is 6.05. The van der Waals surface area contributed by atoms with Crippen molar-refractivity contribution in [3.63, 3.8) is 0 Å². The fraction of sp³-hybridized carbons (Fsp3) is 0.167. The van der Waals surface area contributed by atoms with E-state index in [1.165, 1.54) is 22.3 Å². The van der Waals surface area contributed by atoms with Crippen molar-refractivity contribution in [2.45, 2.75) is 20.3 Å². The van der Waals surface area contributed by atoms with Crippen molar-refractivity contribution in [1.29, 1.82) is 0 Å². The summed E-state index contributed by atoms with van der Waals surface area (Å²) in [6, 6.07) is 21.4. The second kappa shape index (κ2) is 7.31. The molecule has 4 nitrogen and oxygen atoms in total. The molecule has 1 aliphatic rings. The Kier molecular flexibility index (Phi) is 4.70. The second-order valence-electron chi connectivity index (χ2n) is 7.38. The number of anilines is 2. The standard InChI is InChI=1S/C24H22N2O2/c1-15(2)23(27)25-19-9-7-16(8-10-19)24(28)26-20-11-12-22-18(14-20)13-17-5-3-4-6-21(17)22/h3-12,14-15H,13H2,1-2H3,(H,25,27)(H,26,28). The number of carbonyl (C=O) groups is 2. The molecule has 4 rings (SSSR count). The first kappa shape index (κ1) is 18.0. The molecule has 28 heavy (non-hydrogen) atoms. The summed E-state index contributed by atoms with van der Waals surface area (Å²) in [7, 11) is 0. The summed E-state index contributed by atoms with van der Waals surface area (Å²) in [5, 5.41) is 5.79. The monoisotopic (exact) mass is 370 g/mol. The zero-order valence-electron chi connectivity index (χ0n) is 16.0. The van der Waals surface area contributed by atoms with E-state index in [1.807, 2.05) is 26.0 Å². The molecule has 0 bridgehead atoms. The molecule has 0 atom stereocenters. The molecule has 0 unspecified atom stereocenters. The van der Waals surface area contributed by atoms with Gasteiger partial charge in [0.25, 0.3) is 5.91 Å². The van der Waals surface area contributed by atoms with Crippen molar-refractivity contribution in [3.8, 4) is 11.1 Å². The quantitative estimate of drug-likeness (QED) is 0.525. The molecular weight excluding hydrogens is 348 g/mol. The fourth-order valence-electron chi connectivity index (χ4n) is 3.42. The lowest BCUT2D eigenvalue weighted by Crippen LogP contribution is -2.18. The Bertz CT molecular complexity index is 1050. The molecule has 0 heterocycles. The molecule has 2 N–H and O–H groups in total. The van der Waals surface area contributed by atoms with Crippen LogP contribution in [0.1, 0.15) is 35.3 Å². The van der Waals surface area contributed by atoms with Crippen molar-refractivity contribution >= 4 is 23.2 Å². The first-order chi connectivity index (χ1) is 13.5. The summed E-state index contributed by atoms with van der Waals surface area (Å²) >= 11 is 0. The highest BCUT2D eigenvalue weighted by Crippen LogP contribution is 2.37. The molecule has 0 fully saturated rings. The van der Waals surface area contributed by atoms with Gasteiger partial charge in [-0.15, -0.1) is 0 Å². The summed E-state index contributed by atoms with van der Waals surface area (Å²) in [5.74, 6) is -0.303. The number of fused-ring (bicyclic) bond motifs is 3. The van der Waals surface area contributed by atoms with Crippen LogP contribution in [0.5, 0.6) is 0 Å². The molecule has 3 aromatic carbocycles. The van der Waals surface area contributed by atoms with E-state index in [9.17, 15) is 9.59 Å². The Morgan fingerprint density at radius 1 is 0.786 bits per heavy atom. The molecule has 0 spiro atoms. The van der Waals surface area contributed by atoms with Gasteiger partial charge in [-0.3, -0.25) is 9.59 Å². The Morgan fingerprint density at radius 2 is 1.46 bits per heavy atom. The predicted octanol–water partition coefficient (Wildman–Crippen LogP) is 5.10. The molecule has 2 amide bonds. The average molecular weight is 370 g/mol. The van der Waals surface area contributed by atoms with E-state index in [1.54, 1.807) is 24.3 Å². The Balaban J connectivity index is 1.46. The van der Waals surface area contributed by atoms with E-state index in [4.69, 9.17) is 0 Å². The maximum atomic E-state index is 12.6. The van der Waals surface area contributed by atoms with E-state index < -0.39 is 0 Å². The Labute approximate surface area is 164 Å². The third kappa shape index (κ3) is 3.54. The lowest BCUT2D eigenvalue weighted by molar-refractivity contribution is -0.118. The molecule has 4 heteroatoms. The van der Waals surface area contributed by atoms with Gasteiger partial charge in [-0.2, -0.15) is 0 Å². The second-order valence-corrected chi connectivity index (χ2v) is 7.38. The van der Waals surface area contributed by atoms with Crippen molar-refractivity contribution in [1.82, 2.24) is 0 Å². The van der Waals surface area contributed by atoms with Gasteiger partial charge >= 0.3 is 0 Å². The molecule has 0 aromatic heterocycles. The maximum Gasteiger partial charge on any atom is 0.255 e. The van der Waals surface area contributed by atoms with Crippen molar-refractivity contribution < 1.29 is 9.59 Å². The van der Waals surface area contributed by atoms with Gasteiger partial charge in [0.1, 0.15) is 0 Å². The van der Waals surface area contributed by atoms with Crippen LogP contribution in [-0.2, 0) is 11.2 Å². The largest absolute Gasteiger partial charge is 0.326 e. The molecular formula is C24H22N2O2. The van der Waals surface area contributed by atoms with Gasteiger partial charge in [-0.25, -0.2) is 0 Å². The predicted molar refractivity (Wildman–Crippen MR) is 113 cm³/mol. The van der Waals surface area contributed by atoms with Gasteiger partial charge in [0.05, 0.1) is 0 Å². The van der Waals surface area contributed by atoms with Crippen molar-refractivity contribution in [2.24, 2.45) is 5.92 Å². The minimum absolute atomic E-state index is 0.0451. The Hall–Kier alpha value is -3.40. The van der Waals surface area contributed by atoms with E-state index in [-0.39, 0.29) is 17.7 Å². The lowest BCUT2D eigenvalue weighted by Gasteiger charge is -2.10. The fourth-order valence-corrected chi connectivity index (χ4v) is 3.42. The lowest BCUT2D eigenvalue weighted by atomic mass is 10.1. The van der Waals surface area contributed by atoms with Crippen LogP contribution >= 0.6 is 0 Å². The van der Waals surface area contributed by atoms with Crippen LogP contribution in [0.4, 0.5) is 11.4 Å². The molecule has 1 aliphatic carbocycles. The summed E-state index contributed by atoms with van der Waals surface area (Å²) < 4.78 is 0. The maximum absolute atomic E-state index is 12.6. The minimum Gasteiger partial charge on any atom is -0.326 e. The zero-order valence-corrected chi connectivity index (χ0v) is 16.0. The topological polar surface area (TPSA) is 58.2 Å². The summed E-state index contributed by atoms with van der Waals surface area (Å²) in [5.41, 5.74) is 7.07. The highest BCUT2D eigenvalue weighted by atomic mass is 16.2. The van der Waals surface area contributed by atoms with Crippen LogP contribution in [0, 0.1) is 5.92 Å². The van der Waals surface area contributed by atoms with Gasteiger partial charge < -0.3 is 10.6 Å². The van der Waals surface area contributed by atoms with E-state index in [2.05, 4.69) is 41.0 Å². The number of rotatable bonds is 4. The van der Waals surface area contributed by atoms with Gasteiger partial charge in [-0.1, -0.05) is 44.2 Å². The number of benzene rings is 3. The number of hydrogen-bond donors (Lipinski definition) is 2. The molecule has 140 valence electrons. The Morgan fingerprint density at radius 3 is 2.21 bits per heavy atom. The van der Waals surface area contributed by atoms with E-state index >= 15 is 0 Å². The summed E-state index contributed by atoms with van der Waals surface area (Å²) in [6.45, 7) is 3.68. The number of carbonyl (C=O) groups excluding carboxylic acids is 2. The summed E-state index contributed by atoms with van der Waals surface area (Å²) in [4.78, 5) is 24.3. The van der Waals surface area contributed by atoms with Crippen molar-refractivity contribution in [3.05, 3.63) is 83.4 Å². The smallest absolute Gasteiger partial charge is 0.255 e. The molecule has 0 saturated heterocycles. The van der Waals surface area contributed by atoms with Crippen LogP contribution in [0.25, 0.3) is 11.1 Å². The van der Waals surface area contributed by atoms with Gasteiger partial charge in [0.15, 0.2) is 0 Å². The average Bonchev–Trinajstić information content (AvgIpc) is 3.06. The van der Waals surface area contributed by atoms with Crippen LogP contribution in [0.2, 0.25) is 0 Å². The first-order valence-electron chi connectivity index (χ1n) is 9.45. The van der Waals surface area contributed by atoms with Gasteiger partial charge in [-0.05, 0) is 65.1 Å². The highest BCUT2D eigenvalue weighted by Gasteiger charge is 2.18. The van der Waals surface area contributed by atoms with Crippen LogP contribution < -0.4 is 10.6 Å². The minimum atomic E-state index is -0.169. The van der Waals surface area contributed by atoms with Crippen LogP contribution in [0.3, 0.4) is 0 Å². The SMILES string of the molecule is CC(C)C(=O)Nc1ccc(C(=O)Nc2ccc3c(c2)Cc2ccccc2-3)cc1. The van der Waals surface area contributed by atoms with E-state index in [0.717, 1.165) is 12.1 Å². The third-order valence-electron chi connectivity index (χ3n) is 4.99. The zero-order chi connectivity index (χ0) is 19.7. The number of hydrogen-bond acceptors (Lipinski definition) is 2. The van der Waals surface area contributed by atoms with Crippen LogP contribution in [0.15, 0.2) is 66.7 Å². The molecule has 3 aromatic rings. The van der Waals surface area contributed by atoms with Gasteiger partial charge in [0, 0.05) is 22.9 Å². The molecule has 0 aliphatic heterocycles.